The maximum atomic E-state index is 14.1. The van der Waals surface area contributed by atoms with Gasteiger partial charge in [0, 0.05) is 23.6 Å². The third kappa shape index (κ3) is 3.21. The van der Waals surface area contributed by atoms with Crippen LogP contribution in [0.4, 0.5) is 5.69 Å². The molecule has 32 heavy (non-hydrogen) atoms. The van der Waals surface area contributed by atoms with Gasteiger partial charge in [-0.05, 0) is 37.5 Å². The number of halogens is 1. The van der Waals surface area contributed by atoms with Crippen LogP contribution in [-0.4, -0.2) is 75.2 Å². The molecule has 3 fully saturated rings. The SMILES string of the molecule is C=CCN(C(=O)[C@@H]1N(CCO)C(=O)[C@H]2[C@H](C(=O)O)[C@H]3O[C@@]12CC3Br)c1cc(C)ccc1C. The summed E-state index contributed by atoms with van der Waals surface area (Å²) in [5.74, 6) is -3.95. The Morgan fingerprint density at radius 2 is 2.12 bits per heavy atom. The molecule has 3 heterocycles. The summed E-state index contributed by atoms with van der Waals surface area (Å²) in [6.45, 7) is 7.41. The van der Waals surface area contributed by atoms with Crippen molar-refractivity contribution >= 4 is 39.4 Å². The highest BCUT2D eigenvalue weighted by molar-refractivity contribution is 9.09. The highest BCUT2D eigenvalue weighted by Gasteiger charge is 2.76. The summed E-state index contributed by atoms with van der Waals surface area (Å²) in [6, 6.07) is 4.74. The number of carboxylic acids is 1. The number of anilines is 1. The third-order valence-corrected chi connectivity index (χ3v) is 7.73. The van der Waals surface area contributed by atoms with E-state index in [2.05, 4.69) is 22.5 Å². The van der Waals surface area contributed by atoms with Gasteiger partial charge in [-0.15, -0.1) is 6.58 Å². The molecule has 0 aromatic heterocycles. The summed E-state index contributed by atoms with van der Waals surface area (Å²) in [5.41, 5.74) is 1.30. The van der Waals surface area contributed by atoms with Crippen LogP contribution in [-0.2, 0) is 19.1 Å². The van der Waals surface area contributed by atoms with E-state index in [0.717, 1.165) is 11.1 Å². The zero-order valence-corrected chi connectivity index (χ0v) is 19.6. The number of carboxylic acid groups (broad SMARTS) is 1. The fraction of sp³-hybridized carbons (Fsp3) is 0.522. The zero-order chi connectivity index (χ0) is 23.4. The summed E-state index contributed by atoms with van der Waals surface area (Å²) >= 11 is 3.52. The number of amides is 2. The predicted octanol–water partition coefficient (Wildman–Crippen LogP) is 1.65. The Balaban J connectivity index is 1.83. The molecule has 3 aliphatic rings. The lowest BCUT2D eigenvalue weighted by Crippen LogP contribution is -2.57. The number of aliphatic carboxylic acids is 1. The third-order valence-electron chi connectivity index (χ3n) is 6.88. The van der Waals surface area contributed by atoms with E-state index in [9.17, 15) is 24.6 Å². The van der Waals surface area contributed by atoms with Crippen molar-refractivity contribution in [3.8, 4) is 0 Å². The minimum absolute atomic E-state index is 0.0739. The van der Waals surface area contributed by atoms with Crippen molar-refractivity contribution in [2.75, 3.05) is 24.6 Å². The monoisotopic (exact) mass is 506 g/mol. The zero-order valence-electron chi connectivity index (χ0n) is 18.0. The molecule has 2 amide bonds. The number of carbonyl (C=O) groups excluding carboxylic acids is 2. The number of alkyl halides is 1. The van der Waals surface area contributed by atoms with E-state index in [0.29, 0.717) is 12.1 Å². The van der Waals surface area contributed by atoms with Gasteiger partial charge in [-0.1, -0.05) is 34.1 Å². The van der Waals surface area contributed by atoms with Gasteiger partial charge in [-0.2, -0.15) is 0 Å². The molecule has 0 aliphatic carbocycles. The van der Waals surface area contributed by atoms with E-state index in [-0.39, 0.29) is 30.4 Å². The molecule has 0 radical (unpaired) electrons. The molecular formula is C23H27BrN2O6. The van der Waals surface area contributed by atoms with Crippen molar-refractivity contribution in [2.24, 2.45) is 11.8 Å². The van der Waals surface area contributed by atoms with Gasteiger partial charge < -0.3 is 24.7 Å². The number of benzene rings is 1. The topological polar surface area (TPSA) is 107 Å². The molecule has 2 bridgehead atoms. The van der Waals surface area contributed by atoms with Crippen LogP contribution in [0.2, 0.25) is 0 Å². The van der Waals surface area contributed by atoms with E-state index >= 15 is 0 Å². The summed E-state index contributed by atoms with van der Waals surface area (Å²) in [7, 11) is 0. The fourth-order valence-electron chi connectivity index (χ4n) is 5.63. The van der Waals surface area contributed by atoms with Crippen LogP contribution in [0, 0.1) is 25.7 Å². The smallest absolute Gasteiger partial charge is 0.310 e. The summed E-state index contributed by atoms with van der Waals surface area (Å²) in [5, 5.41) is 19.5. The maximum Gasteiger partial charge on any atom is 0.310 e. The molecule has 1 unspecified atom stereocenters. The molecule has 9 heteroatoms. The lowest BCUT2D eigenvalue weighted by molar-refractivity contribution is -0.149. The molecule has 3 saturated heterocycles. The van der Waals surface area contributed by atoms with Crippen LogP contribution < -0.4 is 4.90 Å². The van der Waals surface area contributed by atoms with Crippen molar-refractivity contribution in [1.82, 2.24) is 4.90 Å². The first kappa shape index (κ1) is 22.9. The minimum Gasteiger partial charge on any atom is -0.481 e. The number of aryl methyl sites for hydroxylation is 2. The van der Waals surface area contributed by atoms with E-state index in [1.165, 1.54) is 4.90 Å². The number of β-amino-alcohol motifs (C(OH)–C–C–N with tert-alkyl or cyclic N) is 1. The van der Waals surface area contributed by atoms with Crippen LogP contribution in [0.5, 0.6) is 0 Å². The van der Waals surface area contributed by atoms with Crippen molar-refractivity contribution in [3.05, 3.63) is 42.0 Å². The maximum absolute atomic E-state index is 14.1. The van der Waals surface area contributed by atoms with Crippen molar-refractivity contribution < 1.29 is 29.3 Å². The van der Waals surface area contributed by atoms with Crippen LogP contribution in [0.25, 0.3) is 0 Å². The number of rotatable bonds is 7. The molecule has 1 aromatic rings. The van der Waals surface area contributed by atoms with Crippen LogP contribution in [0.15, 0.2) is 30.9 Å². The molecule has 1 spiro atoms. The van der Waals surface area contributed by atoms with Crippen molar-refractivity contribution in [2.45, 2.75) is 42.8 Å². The Bertz CT molecular complexity index is 983. The predicted molar refractivity (Wildman–Crippen MR) is 121 cm³/mol. The van der Waals surface area contributed by atoms with E-state index in [1.807, 2.05) is 32.0 Å². The minimum atomic E-state index is -1.26. The number of likely N-dealkylation sites (tertiary alicyclic amines) is 1. The Hall–Kier alpha value is -2.23. The molecule has 1 aromatic carbocycles. The molecule has 3 aliphatic heterocycles. The normalized spacial score (nSPS) is 32.8. The summed E-state index contributed by atoms with van der Waals surface area (Å²) < 4.78 is 6.22. The largest absolute Gasteiger partial charge is 0.481 e. The van der Waals surface area contributed by atoms with Gasteiger partial charge in [0.25, 0.3) is 5.91 Å². The first-order chi connectivity index (χ1) is 15.2. The second-order valence-electron chi connectivity index (χ2n) is 8.78. The first-order valence-electron chi connectivity index (χ1n) is 10.6. The van der Waals surface area contributed by atoms with E-state index < -0.39 is 41.5 Å². The number of nitrogens with zero attached hydrogens (tertiary/aromatic N) is 2. The molecule has 4 rings (SSSR count). The highest BCUT2D eigenvalue weighted by atomic mass is 79.9. The van der Waals surface area contributed by atoms with Gasteiger partial charge in [0.15, 0.2) is 0 Å². The van der Waals surface area contributed by atoms with Crippen molar-refractivity contribution in [3.63, 3.8) is 0 Å². The van der Waals surface area contributed by atoms with E-state index in [1.54, 1.807) is 11.0 Å². The Kier molecular flexibility index (Phi) is 5.94. The average Bonchev–Trinajstić information content (AvgIpc) is 3.32. The van der Waals surface area contributed by atoms with Gasteiger partial charge >= 0.3 is 5.97 Å². The molecular weight excluding hydrogens is 480 g/mol. The van der Waals surface area contributed by atoms with Gasteiger partial charge in [-0.3, -0.25) is 14.4 Å². The van der Waals surface area contributed by atoms with Crippen LogP contribution >= 0.6 is 15.9 Å². The Morgan fingerprint density at radius 1 is 1.41 bits per heavy atom. The Morgan fingerprint density at radius 3 is 2.75 bits per heavy atom. The van der Waals surface area contributed by atoms with Gasteiger partial charge in [0.05, 0.1) is 24.5 Å². The quantitative estimate of drug-likeness (QED) is 0.430. The number of fused-ring (bicyclic) bond motifs is 1. The number of aliphatic hydroxyl groups excluding tert-OH is 1. The first-order valence-corrected chi connectivity index (χ1v) is 11.5. The molecule has 8 nitrogen and oxygen atoms in total. The lowest BCUT2D eigenvalue weighted by atomic mass is 9.70. The summed E-state index contributed by atoms with van der Waals surface area (Å²) in [4.78, 5) is 42.2. The number of hydrogen-bond donors (Lipinski definition) is 2. The highest BCUT2D eigenvalue weighted by Crippen LogP contribution is 2.60. The molecule has 2 N–H and O–H groups in total. The second kappa shape index (κ2) is 8.28. The molecule has 172 valence electrons. The van der Waals surface area contributed by atoms with Crippen molar-refractivity contribution in [1.29, 1.82) is 0 Å². The number of carbonyl (C=O) groups is 3. The van der Waals surface area contributed by atoms with Gasteiger partial charge in [-0.25, -0.2) is 0 Å². The second-order valence-corrected chi connectivity index (χ2v) is 9.96. The number of hydrogen-bond acceptors (Lipinski definition) is 5. The summed E-state index contributed by atoms with van der Waals surface area (Å²) in [6.07, 6.45) is 1.26. The van der Waals surface area contributed by atoms with Gasteiger partial charge in [0.1, 0.15) is 11.6 Å². The van der Waals surface area contributed by atoms with Crippen LogP contribution in [0.3, 0.4) is 0 Å². The Labute approximate surface area is 195 Å². The molecule has 0 saturated carbocycles. The lowest BCUT2D eigenvalue weighted by Gasteiger charge is -2.37. The number of ether oxygens (including phenoxy) is 1. The van der Waals surface area contributed by atoms with Crippen LogP contribution in [0.1, 0.15) is 17.5 Å². The molecule has 6 atom stereocenters. The van der Waals surface area contributed by atoms with E-state index in [4.69, 9.17) is 4.74 Å². The average molecular weight is 507 g/mol. The number of aliphatic hydroxyl groups is 1. The van der Waals surface area contributed by atoms with Gasteiger partial charge in [0.2, 0.25) is 5.91 Å². The standard InChI is InChI=1S/C23H27BrN2O6/c1-4-7-25(15-10-12(2)5-6-13(15)3)21(29)19-23-11-14(24)18(32-23)16(22(30)31)17(23)20(28)26(19)8-9-27/h4-6,10,14,16-19,27H,1,7-9,11H2,2-3H3,(H,30,31)/t14?,16-,17+,18-,19-,23+/m0/s1. The fourth-order valence-corrected chi connectivity index (χ4v) is 6.58.